The van der Waals surface area contributed by atoms with E-state index in [-0.39, 0.29) is 23.5 Å². The quantitative estimate of drug-likeness (QED) is 0.879. The lowest BCUT2D eigenvalue weighted by Crippen LogP contribution is -2.44. The third-order valence-corrected chi connectivity index (χ3v) is 4.58. The van der Waals surface area contributed by atoms with E-state index in [1.54, 1.807) is 17.0 Å². The Labute approximate surface area is 119 Å². The Morgan fingerprint density at radius 2 is 2.35 bits per heavy atom. The summed E-state index contributed by atoms with van der Waals surface area (Å²) in [6, 6.07) is 4.76. The average molecular weight is 294 g/mol. The Balaban J connectivity index is 1.99. The van der Waals surface area contributed by atoms with E-state index >= 15 is 0 Å². The second kappa shape index (κ2) is 5.03. The molecule has 2 aromatic rings. The van der Waals surface area contributed by atoms with E-state index in [0.29, 0.717) is 34.7 Å². The third kappa shape index (κ3) is 2.14. The van der Waals surface area contributed by atoms with Crippen LogP contribution in [-0.2, 0) is 4.74 Å². The zero-order chi connectivity index (χ0) is 14.3. The van der Waals surface area contributed by atoms with Gasteiger partial charge in [0.2, 0.25) is 0 Å². The van der Waals surface area contributed by atoms with Gasteiger partial charge in [0, 0.05) is 17.8 Å². The third-order valence-electron chi connectivity index (χ3n) is 3.42. The largest absolute Gasteiger partial charge is 0.397 e. The van der Waals surface area contributed by atoms with Crippen molar-refractivity contribution < 1.29 is 13.9 Å². The number of hydrogen-bond donors (Lipinski definition) is 1. The molecule has 1 aliphatic rings. The molecule has 1 aliphatic heterocycles. The molecule has 106 valence electrons. The number of carbonyl (C=O) groups excluding carboxylic acids is 1. The first-order valence-electron chi connectivity index (χ1n) is 6.45. The number of anilines is 1. The van der Waals surface area contributed by atoms with E-state index in [0.717, 1.165) is 0 Å². The van der Waals surface area contributed by atoms with Gasteiger partial charge in [0.25, 0.3) is 5.91 Å². The fourth-order valence-electron chi connectivity index (χ4n) is 2.43. The molecule has 1 atom stereocenters. The van der Waals surface area contributed by atoms with Crippen LogP contribution in [0.15, 0.2) is 18.2 Å². The number of halogens is 1. The summed E-state index contributed by atoms with van der Waals surface area (Å²) in [6.07, 6.45) is 0.0139. The van der Waals surface area contributed by atoms with Crippen LogP contribution in [0.25, 0.3) is 10.1 Å². The zero-order valence-corrected chi connectivity index (χ0v) is 11.9. The number of fused-ring (bicyclic) bond motifs is 1. The molecule has 1 unspecified atom stereocenters. The Bertz CT molecular complexity index is 670. The van der Waals surface area contributed by atoms with Gasteiger partial charge >= 0.3 is 0 Å². The van der Waals surface area contributed by atoms with Gasteiger partial charge in [-0.25, -0.2) is 4.39 Å². The second-order valence-electron chi connectivity index (χ2n) is 4.89. The molecular formula is C14H15FN2O2S. The average Bonchev–Trinajstić information content (AvgIpc) is 2.76. The molecule has 1 amide bonds. The summed E-state index contributed by atoms with van der Waals surface area (Å²) >= 11 is 1.24. The van der Waals surface area contributed by atoms with E-state index in [1.165, 1.54) is 17.4 Å². The number of rotatable bonds is 1. The van der Waals surface area contributed by atoms with E-state index in [9.17, 15) is 9.18 Å². The van der Waals surface area contributed by atoms with Crippen molar-refractivity contribution in [2.45, 2.75) is 13.0 Å². The molecule has 1 aromatic heterocycles. The van der Waals surface area contributed by atoms with Crippen LogP contribution in [0, 0.1) is 5.82 Å². The Hall–Kier alpha value is -1.66. The predicted molar refractivity (Wildman–Crippen MR) is 77.5 cm³/mol. The monoisotopic (exact) mass is 294 g/mol. The van der Waals surface area contributed by atoms with Crippen LogP contribution in [0.5, 0.6) is 0 Å². The number of benzene rings is 1. The number of amides is 1. The molecule has 0 bridgehead atoms. The molecule has 2 N–H and O–H groups in total. The highest BCUT2D eigenvalue weighted by atomic mass is 32.1. The van der Waals surface area contributed by atoms with E-state index in [2.05, 4.69) is 0 Å². The van der Waals surface area contributed by atoms with Crippen molar-refractivity contribution in [2.75, 3.05) is 25.4 Å². The van der Waals surface area contributed by atoms with Gasteiger partial charge < -0.3 is 15.4 Å². The molecular weight excluding hydrogens is 279 g/mol. The molecule has 0 spiro atoms. The second-order valence-corrected chi connectivity index (χ2v) is 5.94. The van der Waals surface area contributed by atoms with Crippen molar-refractivity contribution in [2.24, 2.45) is 0 Å². The summed E-state index contributed by atoms with van der Waals surface area (Å²) in [5, 5.41) is 0.349. The minimum absolute atomic E-state index is 0.0139. The SMILES string of the molecule is CC1CN(C(=O)c2sc3cccc(F)c3c2N)CCO1. The van der Waals surface area contributed by atoms with Crippen molar-refractivity contribution in [3.05, 3.63) is 28.9 Å². The minimum Gasteiger partial charge on any atom is -0.397 e. The molecule has 4 nitrogen and oxygen atoms in total. The molecule has 20 heavy (non-hydrogen) atoms. The van der Waals surface area contributed by atoms with Crippen LogP contribution < -0.4 is 5.73 Å². The molecule has 6 heteroatoms. The van der Waals surface area contributed by atoms with Gasteiger partial charge in [-0.3, -0.25) is 4.79 Å². The standard InChI is InChI=1S/C14H15FN2O2S/c1-8-7-17(5-6-19-8)14(18)13-12(16)11-9(15)3-2-4-10(11)20-13/h2-4,8H,5-7,16H2,1H3. The molecule has 3 rings (SSSR count). The maximum atomic E-state index is 13.8. The zero-order valence-electron chi connectivity index (χ0n) is 11.1. The van der Waals surface area contributed by atoms with E-state index in [1.807, 2.05) is 6.92 Å². The number of carbonyl (C=O) groups is 1. The lowest BCUT2D eigenvalue weighted by Gasteiger charge is -2.30. The summed E-state index contributed by atoms with van der Waals surface area (Å²) in [5.41, 5.74) is 6.22. The van der Waals surface area contributed by atoms with Crippen molar-refractivity contribution >= 4 is 33.0 Å². The van der Waals surface area contributed by atoms with Gasteiger partial charge in [0.15, 0.2) is 0 Å². The maximum absolute atomic E-state index is 13.8. The van der Waals surface area contributed by atoms with Crippen molar-refractivity contribution in [3.8, 4) is 0 Å². The first-order chi connectivity index (χ1) is 9.58. The van der Waals surface area contributed by atoms with E-state index < -0.39 is 0 Å². The molecule has 0 aliphatic carbocycles. The Morgan fingerprint density at radius 1 is 1.55 bits per heavy atom. The number of hydrogen-bond acceptors (Lipinski definition) is 4. The highest BCUT2D eigenvalue weighted by molar-refractivity contribution is 7.21. The van der Waals surface area contributed by atoms with Crippen LogP contribution in [0.3, 0.4) is 0 Å². The first kappa shape index (κ1) is 13.3. The number of nitrogen functional groups attached to an aromatic ring is 1. The van der Waals surface area contributed by atoms with Crippen LogP contribution in [-0.4, -0.2) is 36.6 Å². The molecule has 1 fully saturated rings. The highest BCUT2D eigenvalue weighted by Crippen LogP contribution is 2.36. The topological polar surface area (TPSA) is 55.6 Å². The summed E-state index contributed by atoms with van der Waals surface area (Å²) in [4.78, 5) is 14.7. The molecule has 1 aromatic carbocycles. The fraction of sp³-hybridized carbons (Fsp3) is 0.357. The van der Waals surface area contributed by atoms with Crippen LogP contribution in [0.2, 0.25) is 0 Å². The number of morpholine rings is 1. The Morgan fingerprint density at radius 3 is 3.05 bits per heavy atom. The van der Waals surface area contributed by atoms with Gasteiger partial charge in [-0.15, -0.1) is 11.3 Å². The van der Waals surface area contributed by atoms with Gasteiger partial charge in [-0.05, 0) is 19.1 Å². The summed E-state index contributed by atoms with van der Waals surface area (Å²) in [6.45, 7) is 3.52. The molecule has 0 radical (unpaired) electrons. The van der Waals surface area contributed by atoms with Gasteiger partial charge in [-0.2, -0.15) is 0 Å². The van der Waals surface area contributed by atoms with Gasteiger partial charge in [0.05, 0.1) is 23.8 Å². The maximum Gasteiger partial charge on any atom is 0.266 e. The normalized spacial score (nSPS) is 19.5. The number of ether oxygens (including phenoxy) is 1. The predicted octanol–water partition coefficient (Wildman–Crippen LogP) is 2.48. The smallest absolute Gasteiger partial charge is 0.266 e. The lowest BCUT2D eigenvalue weighted by atomic mass is 10.2. The number of nitrogens with two attached hydrogens (primary N) is 1. The fourth-order valence-corrected chi connectivity index (χ4v) is 3.54. The lowest BCUT2D eigenvalue weighted by molar-refractivity contribution is -0.0122. The van der Waals surface area contributed by atoms with E-state index in [4.69, 9.17) is 10.5 Å². The molecule has 1 saturated heterocycles. The van der Waals surface area contributed by atoms with Crippen molar-refractivity contribution in [1.82, 2.24) is 4.90 Å². The minimum atomic E-state index is -0.384. The van der Waals surface area contributed by atoms with Crippen molar-refractivity contribution in [1.29, 1.82) is 0 Å². The number of thiophene rings is 1. The summed E-state index contributed by atoms with van der Waals surface area (Å²) in [5.74, 6) is -0.524. The van der Waals surface area contributed by atoms with Crippen LogP contribution in [0.4, 0.5) is 10.1 Å². The first-order valence-corrected chi connectivity index (χ1v) is 7.27. The van der Waals surface area contributed by atoms with Gasteiger partial charge in [0.1, 0.15) is 10.7 Å². The summed E-state index contributed by atoms with van der Waals surface area (Å²) in [7, 11) is 0. The Kier molecular flexibility index (Phi) is 3.35. The highest BCUT2D eigenvalue weighted by Gasteiger charge is 2.26. The molecule has 2 heterocycles. The molecule has 0 saturated carbocycles. The van der Waals surface area contributed by atoms with Gasteiger partial charge in [-0.1, -0.05) is 6.07 Å². The number of nitrogens with zero attached hydrogens (tertiary/aromatic N) is 1. The van der Waals surface area contributed by atoms with Crippen molar-refractivity contribution in [3.63, 3.8) is 0 Å². The van der Waals surface area contributed by atoms with Crippen LogP contribution in [0.1, 0.15) is 16.6 Å². The van der Waals surface area contributed by atoms with Crippen LogP contribution >= 0.6 is 11.3 Å². The summed E-state index contributed by atoms with van der Waals surface area (Å²) < 4.78 is 19.9.